The van der Waals surface area contributed by atoms with E-state index in [4.69, 9.17) is 0 Å². The van der Waals surface area contributed by atoms with Gasteiger partial charge in [-0.2, -0.15) is 0 Å². The maximum absolute atomic E-state index is 4.41. The summed E-state index contributed by atoms with van der Waals surface area (Å²) in [6, 6.07) is 23.8. The molecule has 0 unspecified atom stereocenters. The van der Waals surface area contributed by atoms with Crippen molar-refractivity contribution in [3.63, 3.8) is 0 Å². The molecule has 4 aromatic rings. The Morgan fingerprint density at radius 3 is 1.58 bits per heavy atom. The van der Waals surface area contributed by atoms with Gasteiger partial charge in [-0.1, -0.05) is 30.3 Å². The van der Waals surface area contributed by atoms with E-state index in [-0.39, 0.29) is 0 Å². The molecule has 19 heavy (non-hydrogen) atoms. The average molecular weight is 260 g/mol. The predicted octanol–water partition coefficient (Wildman–Crippen LogP) is 5.43. The third kappa shape index (κ3) is 1.78. The van der Waals surface area contributed by atoms with E-state index in [1.807, 2.05) is 6.07 Å². The average Bonchev–Trinajstić information content (AvgIpc) is 2.43. The lowest BCUT2D eigenvalue weighted by atomic mass is 10.00. The lowest BCUT2D eigenvalue weighted by Gasteiger charge is -2.05. The summed E-state index contributed by atoms with van der Waals surface area (Å²) in [4.78, 5) is 1.01. The number of hydrogen-bond donors (Lipinski definition) is 1. The topological polar surface area (TPSA) is 0 Å². The van der Waals surface area contributed by atoms with Crippen molar-refractivity contribution in [1.29, 1.82) is 0 Å². The molecule has 0 bridgehead atoms. The summed E-state index contributed by atoms with van der Waals surface area (Å²) in [6.45, 7) is 0. The normalized spacial score (nSPS) is 11.4. The van der Waals surface area contributed by atoms with Crippen LogP contribution in [0.15, 0.2) is 71.6 Å². The minimum atomic E-state index is 1.01. The smallest absolute Gasteiger partial charge is 0.00463 e. The Morgan fingerprint density at radius 2 is 0.947 bits per heavy atom. The fourth-order valence-electron chi connectivity index (χ4n) is 2.68. The molecule has 0 amide bonds. The Balaban J connectivity index is 2.16. The van der Waals surface area contributed by atoms with E-state index in [1.54, 1.807) is 0 Å². The molecule has 0 N–H and O–H groups in total. The summed E-state index contributed by atoms with van der Waals surface area (Å²) < 4.78 is 0. The van der Waals surface area contributed by atoms with Crippen LogP contribution < -0.4 is 0 Å². The van der Waals surface area contributed by atoms with Gasteiger partial charge in [0.2, 0.25) is 0 Å². The van der Waals surface area contributed by atoms with E-state index >= 15 is 0 Å². The number of hydrogen-bond acceptors (Lipinski definition) is 1. The zero-order valence-corrected chi connectivity index (χ0v) is 11.2. The molecule has 0 saturated heterocycles. The SMILES string of the molecule is Sc1ccc2cc3cc4ccccc4cc3cc2c1. The molecule has 0 atom stereocenters. The van der Waals surface area contributed by atoms with Crippen LogP contribution in [0.25, 0.3) is 32.3 Å². The van der Waals surface area contributed by atoms with Gasteiger partial charge in [-0.15, -0.1) is 12.6 Å². The monoisotopic (exact) mass is 260 g/mol. The van der Waals surface area contributed by atoms with Crippen LogP contribution in [0.1, 0.15) is 0 Å². The number of thiol groups is 1. The Kier molecular flexibility index (Phi) is 2.30. The standard InChI is InChI=1S/C18H12S/c19-18-6-5-14-9-15-7-12-3-1-2-4-13(12)8-16(15)10-17(14)11-18/h1-11,19H. The molecule has 0 heterocycles. The van der Waals surface area contributed by atoms with Crippen molar-refractivity contribution in [2.45, 2.75) is 4.90 Å². The van der Waals surface area contributed by atoms with Gasteiger partial charge in [0.25, 0.3) is 0 Å². The number of rotatable bonds is 0. The molecule has 0 aromatic heterocycles. The van der Waals surface area contributed by atoms with Gasteiger partial charge >= 0.3 is 0 Å². The van der Waals surface area contributed by atoms with Crippen LogP contribution in [0, 0.1) is 0 Å². The highest BCUT2D eigenvalue weighted by molar-refractivity contribution is 7.80. The summed E-state index contributed by atoms with van der Waals surface area (Å²) in [5.41, 5.74) is 0. The van der Waals surface area contributed by atoms with Crippen LogP contribution >= 0.6 is 12.6 Å². The van der Waals surface area contributed by atoms with Gasteiger partial charge in [-0.05, 0) is 68.7 Å². The largest absolute Gasteiger partial charge is 0.143 e. The second kappa shape index (κ2) is 4.01. The quantitative estimate of drug-likeness (QED) is 0.316. The van der Waals surface area contributed by atoms with Crippen molar-refractivity contribution in [2.24, 2.45) is 0 Å². The molecule has 0 aliphatic heterocycles. The van der Waals surface area contributed by atoms with Gasteiger partial charge in [-0.3, -0.25) is 0 Å². The first kappa shape index (κ1) is 10.9. The first-order valence-electron chi connectivity index (χ1n) is 6.35. The molecular weight excluding hydrogens is 248 g/mol. The minimum absolute atomic E-state index is 1.01. The highest BCUT2D eigenvalue weighted by Gasteiger charge is 2.01. The van der Waals surface area contributed by atoms with Crippen LogP contribution in [0.4, 0.5) is 0 Å². The Bertz CT molecular complexity index is 922. The van der Waals surface area contributed by atoms with Crippen molar-refractivity contribution in [1.82, 2.24) is 0 Å². The van der Waals surface area contributed by atoms with Gasteiger partial charge in [-0.25, -0.2) is 0 Å². The van der Waals surface area contributed by atoms with E-state index in [2.05, 4.69) is 73.3 Å². The zero-order valence-electron chi connectivity index (χ0n) is 10.3. The number of benzene rings is 4. The van der Waals surface area contributed by atoms with Crippen LogP contribution in [0.3, 0.4) is 0 Å². The molecule has 0 fully saturated rings. The summed E-state index contributed by atoms with van der Waals surface area (Å²) in [7, 11) is 0. The molecule has 0 nitrogen and oxygen atoms in total. The molecular formula is C18H12S. The maximum atomic E-state index is 4.41. The van der Waals surface area contributed by atoms with E-state index < -0.39 is 0 Å². The third-order valence-electron chi connectivity index (χ3n) is 3.64. The Hall–Kier alpha value is -1.99. The van der Waals surface area contributed by atoms with Gasteiger partial charge in [0, 0.05) is 4.90 Å². The summed E-state index contributed by atoms with van der Waals surface area (Å²) >= 11 is 4.41. The molecule has 4 aromatic carbocycles. The maximum Gasteiger partial charge on any atom is 0.00463 e. The highest BCUT2D eigenvalue weighted by atomic mass is 32.1. The van der Waals surface area contributed by atoms with Crippen LogP contribution in [-0.2, 0) is 0 Å². The summed E-state index contributed by atoms with van der Waals surface area (Å²) in [6.07, 6.45) is 0. The zero-order chi connectivity index (χ0) is 12.8. The van der Waals surface area contributed by atoms with Crippen LogP contribution in [0.5, 0.6) is 0 Å². The second-order valence-electron chi connectivity index (χ2n) is 4.93. The molecule has 90 valence electrons. The second-order valence-corrected chi connectivity index (χ2v) is 5.45. The Morgan fingerprint density at radius 1 is 0.474 bits per heavy atom. The molecule has 0 radical (unpaired) electrons. The molecule has 4 rings (SSSR count). The van der Waals surface area contributed by atoms with Crippen molar-refractivity contribution in [2.75, 3.05) is 0 Å². The third-order valence-corrected chi connectivity index (χ3v) is 3.92. The molecule has 0 aliphatic carbocycles. The summed E-state index contributed by atoms with van der Waals surface area (Å²) in [5.74, 6) is 0. The highest BCUT2D eigenvalue weighted by Crippen LogP contribution is 2.28. The first-order valence-corrected chi connectivity index (χ1v) is 6.80. The molecule has 0 saturated carbocycles. The van der Waals surface area contributed by atoms with Gasteiger partial charge in [0.1, 0.15) is 0 Å². The Labute approximate surface area is 117 Å². The van der Waals surface area contributed by atoms with Crippen molar-refractivity contribution in [3.8, 4) is 0 Å². The lowest BCUT2D eigenvalue weighted by molar-refractivity contribution is 1.53. The van der Waals surface area contributed by atoms with Crippen molar-refractivity contribution in [3.05, 3.63) is 66.7 Å². The van der Waals surface area contributed by atoms with Gasteiger partial charge in [0.05, 0.1) is 0 Å². The summed E-state index contributed by atoms with van der Waals surface area (Å²) in [5, 5.41) is 7.66. The van der Waals surface area contributed by atoms with Crippen LogP contribution in [0.2, 0.25) is 0 Å². The van der Waals surface area contributed by atoms with Crippen molar-refractivity contribution < 1.29 is 0 Å². The minimum Gasteiger partial charge on any atom is -0.143 e. The first-order chi connectivity index (χ1) is 9.29. The lowest BCUT2D eigenvalue weighted by Crippen LogP contribution is -1.79. The fraction of sp³-hybridized carbons (Fsp3) is 0. The van der Waals surface area contributed by atoms with E-state index in [0.717, 1.165) is 4.90 Å². The van der Waals surface area contributed by atoms with Crippen molar-refractivity contribution >= 4 is 44.9 Å². The van der Waals surface area contributed by atoms with E-state index in [9.17, 15) is 0 Å². The predicted molar refractivity (Wildman–Crippen MR) is 86.2 cm³/mol. The fourth-order valence-corrected chi connectivity index (χ4v) is 2.89. The van der Waals surface area contributed by atoms with Gasteiger partial charge < -0.3 is 0 Å². The molecule has 0 aliphatic rings. The van der Waals surface area contributed by atoms with E-state index in [1.165, 1.54) is 32.3 Å². The van der Waals surface area contributed by atoms with Crippen LogP contribution in [-0.4, -0.2) is 0 Å². The number of fused-ring (bicyclic) bond motifs is 3. The van der Waals surface area contributed by atoms with E-state index in [0.29, 0.717) is 0 Å². The molecule has 0 spiro atoms. The molecule has 1 heteroatoms. The van der Waals surface area contributed by atoms with Gasteiger partial charge in [0.15, 0.2) is 0 Å².